The lowest BCUT2D eigenvalue weighted by atomic mass is 9.99. The molecule has 1 saturated carbocycles. The Bertz CT molecular complexity index is 1260. The summed E-state index contributed by atoms with van der Waals surface area (Å²) in [6.45, 7) is 0. The van der Waals surface area contributed by atoms with E-state index in [-0.39, 0.29) is 52.0 Å². The summed E-state index contributed by atoms with van der Waals surface area (Å²) in [5, 5.41) is 9.70. The third-order valence-electron chi connectivity index (χ3n) is 7.08. The predicted octanol–water partition coefficient (Wildman–Crippen LogP) is 2.81. The number of halogens is 1. The smallest absolute Gasteiger partial charge is 0.273 e. The summed E-state index contributed by atoms with van der Waals surface area (Å²) in [6, 6.07) is 4.15. The summed E-state index contributed by atoms with van der Waals surface area (Å²) < 4.78 is 34.0. The number of sulfonamides is 1. The number of amides is 2. The van der Waals surface area contributed by atoms with Crippen molar-refractivity contribution in [1.29, 1.82) is 0 Å². The maximum absolute atomic E-state index is 13.6. The topological polar surface area (TPSA) is 122 Å². The lowest BCUT2D eigenvalue weighted by Gasteiger charge is -2.38. The molecule has 1 aromatic heterocycles. The highest BCUT2D eigenvalue weighted by Gasteiger charge is 2.48. The van der Waals surface area contributed by atoms with Crippen LogP contribution in [0.1, 0.15) is 66.3 Å². The highest BCUT2D eigenvalue weighted by Crippen LogP contribution is 2.43. The van der Waals surface area contributed by atoms with E-state index in [1.54, 1.807) is 10.4 Å². The van der Waals surface area contributed by atoms with E-state index in [0.717, 1.165) is 31.4 Å². The van der Waals surface area contributed by atoms with Crippen molar-refractivity contribution in [2.24, 2.45) is 0 Å². The van der Waals surface area contributed by atoms with Gasteiger partial charge in [0.2, 0.25) is 15.9 Å². The highest BCUT2D eigenvalue weighted by molar-refractivity contribution is 7.89. The van der Waals surface area contributed by atoms with Crippen LogP contribution in [0.4, 0.5) is 5.69 Å². The average Bonchev–Trinajstić information content (AvgIpc) is 3.25. The van der Waals surface area contributed by atoms with E-state index in [1.165, 1.54) is 12.1 Å². The Morgan fingerprint density at radius 2 is 1.88 bits per heavy atom. The van der Waals surface area contributed by atoms with Gasteiger partial charge in [-0.1, -0.05) is 16.8 Å². The molecule has 33 heavy (non-hydrogen) atoms. The molecule has 3 aliphatic heterocycles. The summed E-state index contributed by atoms with van der Waals surface area (Å²) in [5.74, 6) is 0.668. The molecule has 3 fully saturated rings. The fraction of sp³-hybridized carbons (Fsp3) is 0.500. The van der Waals surface area contributed by atoms with Gasteiger partial charge in [0.05, 0.1) is 11.4 Å². The number of carbonyl (C=O) groups excluding carboxylic acids is 2. The molecule has 2 bridgehead atoms. The molecule has 2 N–H and O–H groups in total. The molecule has 1 aromatic carbocycles. The van der Waals surface area contributed by atoms with Gasteiger partial charge in [0.1, 0.15) is 10.7 Å². The molecule has 3 atom stereocenters. The number of hydrogen-bond donors (Lipinski definition) is 2. The van der Waals surface area contributed by atoms with Gasteiger partial charge in [0.15, 0.2) is 5.69 Å². The molecule has 0 unspecified atom stereocenters. The highest BCUT2D eigenvalue weighted by atomic mass is 35.5. The van der Waals surface area contributed by atoms with Crippen LogP contribution in [0.2, 0.25) is 5.02 Å². The van der Waals surface area contributed by atoms with E-state index < -0.39 is 10.0 Å². The fourth-order valence-electron chi connectivity index (χ4n) is 5.40. The second-order valence-electron chi connectivity index (χ2n) is 9.42. The summed E-state index contributed by atoms with van der Waals surface area (Å²) in [5.41, 5.74) is 1.47. The summed E-state index contributed by atoms with van der Waals surface area (Å²) >= 11 is 6.34. The Morgan fingerprint density at radius 1 is 1.15 bits per heavy atom. The first-order valence-electron chi connectivity index (χ1n) is 11.2. The van der Waals surface area contributed by atoms with E-state index >= 15 is 0 Å². The van der Waals surface area contributed by atoms with Crippen LogP contribution in [-0.2, 0) is 21.2 Å². The van der Waals surface area contributed by atoms with Crippen LogP contribution in [0, 0.1) is 0 Å². The number of aromatic nitrogens is 1. The zero-order chi connectivity index (χ0) is 22.9. The first-order chi connectivity index (χ1) is 15.8. The summed E-state index contributed by atoms with van der Waals surface area (Å²) in [7, 11) is -3.85. The molecule has 1 aliphatic carbocycles. The number of fused-ring (bicyclic) bond motifs is 3. The van der Waals surface area contributed by atoms with Crippen LogP contribution in [0.5, 0.6) is 0 Å². The van der Waals surface area contributed by atoms with Crippen molar-refractivity contribution in [3.8, 4) is 0 Å². The number of anilines is 1. The van der Waals surface area contributed by atoms with Gasteiger partial charge in [-0.2, -0.15) is 4.31 Å². The van der Waals surface area contributed by atoms with Crippen LogP contribution in [-0.4, -0.2) is 47.8 Å². The number of nitrogens with one attached hydrogen (secondary N) is 2. The zero-order valence-corrected chi connectivity index (χ0v) is 19.3. The second kappa shape index (κ2) is 7.54. The Kier molecular flexibility index (Phi) is 4.83. The minimum absolute atomic E-state index is 0.0361. The number of piperidine rings is 1. The van der Waals surface area contributed by atoms with E-state index in [1.807, 2.05) is 0 Å². The third-order valence-corrected chi connectivity index (χ3v) is 9.55. The molecule has 174 valence electrons. The van der Waals surface area contributed by atoms with E-state index in [4.69, 9.17) is 16.1 Å². The minimum Gasteiger partial charge on any atom is -0.360 e. The van der Waals surface area contributed by atoms with Crippen LogP contribution in [0.15, 0.2) is 27.6 Å². The quantitative estimate of drug-likeness (QED) is 0.664. The van der Waals surface area contributed by atoms with Crippen molar-refractivity contribution in [3.63, 3.8) is 0 Å². The Balaban J connectivity index is 1.19. The van der Waals surface area contributed by atoms with Gasteiger partial charge < -0.3 is 15.2 Å². The zero-order valence-electron chi connectivity index (χ0n) is 17.7. The number of nitrogens with zero attached hydrogens (tertiary/aromatic N) is 2. The third kappa shape index (κ3) is 3.64. The van der Waals surface area contributed by atoms with Gasteiger partial charge in [-0.15, -0.1) is 0 Å². The van der Waals surface area contributed by atoms with Gasteiger partial charge in [-0.05, 0) is 56.2 Å². The SMILES string of the molecule is O=C1Cc2cc(S(=O)(=O)N3[C@@H]4CC[C@H]3C[C@@H](NC(=O)c3cc(C5CC5)on3)C4)c(Cl)cc2N1. The van der Waals surface area contributed by atoms with Crippen LogP contribution >= 0.6 is 11.6 Å². The van der Waals surface area contributed by atoms with Gasteiger partial charge in [-0.3, -0.25) is 9.59 Å². The van der Waals surface area contributed by atoms with Crippen molar-refractivity contribution in [3.05, 3.63) is 40.2 Å². The molecular weight excluding hydrogens is 468 g/mol. The maximum Gasteiger partial charge on any atom is 0.273 e. The molecule has 11 heteroatoms. The fourth-order valence-corrected chi connectivity index (χ4v) is 7.84. The van der Waals surface area contributed by atoms with Gasteiger partial charge in [0, 0.05) is 35.8 Å². The Labute approximate surface area is 195 Å². The molecule has 4 heterocycles. The monoisotopic (exact) mass is 490 g/mol. The van der Waals surface area contributed by atoms with Crippen molar-refractivity contribution in [1.82, 2.24) is 14.8 Å². The average molecular weight is 491 g/mol. The van der Waals surface area contributed by atoms with E-state index in [0.29, 0.717) is 30.0 Å². The molecule has 2 amide bonds. The summed E-state index contributed by atoms with van der Waals surface area (Å²) in [4.78, 5) is 24.4. The maximum atomic E-state index is 13.6. The lowest BCUT2D eigenvalue weighted by Crippen LogP contribution is -2.52. The molecular formula is C22H23ClN4O5S. The van der Waals surface area contributed by atoms with Crippen molar-refractivity contribution in [2.75, 3.05) is 5.32 Å². The summed E-state index contributed by atoms with van der Waals surface area (Å²) in [6.07, 6.45) is 4.78. The van der Waals surface area contributed by atoms with Crippen molar-refractivity contribution >= 4 is 39.1 Å². The molecule has 2 aromatic rings. The normalized spacial score (nSPS) is 26.8. The number of hydrogen-bond acceptors (Lipinski definition) is 6. The molecule has 0 spiro atoms. The number of carbonyl (C=O) groups is 2. The van der Waals surface area contributed by atoms with Crippen LogP contribution < -0.4 is 10.6 Å². The minimum atomic E-state index is -3.85. The van der Waals surface area contributed by atoms with E-state index in [9.17, 15) is 18.0 Å². The predicted molar refractivity (Wildman–Crippen MR) is 119 cm³/mol. The first kappa shape index (κ1) is 21.1. The standard InChI is InChI=1S/C22H23ClN4O5S/c23-16-9-17-12(6-21(28)25-17)5-20(16)33(30,31)27-14-3-4-15(27)8-13(7-14)24-22(29)18-10-19(32-26-18)11-1-2-11/h5,9-11,13-15H,1-4,6-8H2,(H,24,29)(H,25,28)/t13-,14+,15-. The van der Waals surface area contributed by atoms with Gasteiger partial charge in [-0.25, -0.2) is 8.42 Å². The van der Waals surface area contributed by atoms with Crippen molar-refractivity contribution in [2.45, 2.75) is 73.9 Å². The molecule has 0 radical (unpaired) electrons. The second-order valence-corrected chi connectivity index (χ2v) is 11.6. The van der Waals surface area contributed by atoms with Crippen molar-refractivity contribution < 1.29 is 22.5 Å². The molecule has 2 saturated heterocycles. The van der Waals surface area contributed by atoms with Gasteiger partial charge >= 0.3 is 0 Å². The largest absolute Gasteiger partial charge is 0.360 e. The first-order valence-corrected chi connectivity index (χ1v) is 13.0. The van der Waals surface area contributed by atoms with Gasteiger partial charge in [0.25, 0.3) is 5.91 Å². The lowest BCUT2D eigenvalue weighted by molar-refractivity contribution is -0.115. The van der Waals surface area contributed by atoms with Crippen LogP contribution in [0.3, 0.4) is 0 Å². The Morgan fingerprint density at radius 3 is 2.58 bits per heavy atom. The number of benzene rings is 1. The molecule has 6 rings (SSSR count). The Hall–Kier alpha value is -2.43. The molecule has 9 nitrogen and oxygen atoms in total. The van der Waals surface area contributed by atoms with E-state index in [2.05, 4.69) is 15.8 Å². The van der Waals surface area contributed by atoms with Crippen LogP contribution in [0.25, 0.3) is 0 Å². The number of rotatable bonds is 5. The molecule has 4 aliphatic rings.